The second kappa shape index (κ2) is 8.95. The van der Waals surface area contributed by atoms with E-state index in [0.717, 1.165) is 43.3 Å². The highest BCUT2D eigenvalue weighted by Crippen LogP contribution is 2.41. The summed E-state index contributed by atoms with van der Waals surface area (Å²) in [6, 6.07) is 10.2. The molecule has 1 aliphatic carbocycles. The van der Waals surface area contributed by atoms with Gasteiger partial charge in [0, 0.05) is 19.3 Å². The molecule has 7 nitrogen and oxygen atoms in total. The number of aromatic nitrogens is 3. The molecule has 0 spiro atoms. The van der Waals surface area contributed by atoms with Crippen molar-refractivity contribution in [2.24, 2.45) is 11.3 Å². The molecule has 0 bridgehead atoms. The number of carbonyl (C=O) groups is 1. The Balaban J connectivity index is 1.47. The van der Waals surface area contributed by atoms with Crippen molar-refractivity contribution in [2.45, 2.75) is 45.7 Å². The molecule has 2 atom stereocenters. The lowest BCUT2D eigenvalue weighted by atomic mass is 9.70. The zero-order valence-electron chi connectivity index (χ0n) is 18.0. The van der Waals surface area contributed by atoms with Gasteiger partial charge in [-0.05, 0) is 60.9 Å². The summed E-state index contributed by atoms with van der Waals surface area (Å²) in [5, 5.41) is 18.9. The van der Waals surface area contributed by atoms with Crippen LogP contribution in [0, 0.1) is 28.5 Å². The number of imidazole rings is 1. The van der Waals surface area contributed by atoms with Crippen LogP contribution in [0.1, 0.15) is 43.9 Å². The van der Waals surface area contributed by atoms with Gasteiger partial charge in [0.2, 0.25) is 0 Å². The third-order valence-corrected chi connectivity index (χ3v) is 6.36. The van der Waals surface area contributed by atoms with Gasteiger partial charge in [-0.3, -0.25) is 4.98 Å². The highest BCUT2D eigenvalue weighted by atomic mass is 19.1. The normalized spacial score (nSPS) is 20.7. The van der Waals surface area contributed by atoms with Crippen LogP contribution in [-0.4, -0.2) is 37.2 Å². The molecule has 1 aromatic carbocycles. The van der Waals surface area contributed by atoms with Gasteiger partial charge in [-0.1, -0.05) is 13.3 Å². The molecule has 32 heavy (non-hydrogen) atoms. The minimum atomic E-state index is -1.02. The molecule has 1 aliphatic rings. The lowest BCUT2D eigenvalue weighted by Crippen LogP contribution is -2.38. The average molecular weight is 436 g/mol. The number of nitriles is 1. The van der Waals surface area contributed by atoms with Crippen molar-refractivity contribution in [2.75, 3.05) is 6.54 Å². The minimum absolute atomic E-state index is 0.0134. The molecule has 0 aliphatic heterocycles. The van der Waals surface area contributed by atoms with Crippen molar-refractivity contribution in [3.63, 3.8) is 0 Å². The van der Waals surface area contributed by atoms with Crippen molar-refractivity contribution < 1.29 is 14.3 Å². The van der Waals surface area contributed by atoms with Crippen LogP contribution in [0.15, 0.2) is 42.9 Å². The van der Waals surface area contributed by atoms with Gasteiger partial charge in [-0.25, -0.2) is 14.2 Å². The topological polar surface area (TPSA) is 95.0 Å². The molecule has 1 N–H and O–H groups in total. The van der Waals surface area contributed by atoms with Crippen LogP contribution in [0.4, 0.5) is 9.18 Å². The second-order valence-corrected chi connectivity index (χ2v) is 9.09. The number of carboxylic acid groups (broad SMARTS) is 1. The maximum Gasteiger partial charge on any atom is 0.407 e. The van der Waals surface area contributed by atoms with E-state index in [4.69, 9.17) is 0 Å². The van der Waals surface area contributed by atoms with Crippen molar-refractivity contribution >= 4 is 17.1 Å². The highest BCUT2D eigenvalue weighted by molar-refractivity contribution is 5.77. The molecule has 4 rings (SSSR count). The average Bonchev–Trinajstić information content (AvgIpc) is 3.14. The van der Waals surface area contributed by atoms with Gasteiger partial charge in [0.25, 0.3) is 0 Å². The maximum atomic E-state index is 13.5. The van der Waals surface area contributed by atoms with Gasteiger partial charge in [-0.2, -0.15) is 5.26 Å². The number of benzene rings is 1. The summed E-state index contributed by atoms with van der Waals surface area (Å²) in [6.45, 7) is 3.46. The van der Waals surface area contributed by atoms with Gasteiger partial charge < -0.3 is 14.6 Å². The van der Waals surface area contributed by atoms with Gasteiger partial charge in [-0.15, -0.1) is 0 Å². The van der Waals surface area contributed by atoms with Gasteiger partial charge in [0.15, 0.2) is 0 Å². The Hall–Kier alpha value is -3.47. The van der Waals surface area contributed by atoms with E-state index in [0.29, 0.717) is 17.8 Å². The molecule has 1 saturated carbocycles. The number of fused-ring (bicyclic) bond motifs is 1. The highest BCUT2D eigenvalue weighted by Gasteiger charge is 2.34. The molecule has 166 valence electrons. The first-order valence-electron chi connectivity index (χ1n) is 10.8. The molecule has 1 fully saturated rings. The molecule has 3 aromatic rings. The number of rotatable bonds is 6. The van der Waals surface area contributed by atoms with Crippen LogP contribution in [-0.2, 0) is 13.1 Å². The zero-order valence-corrected chi connectivity index (χ0v) is 18.0. The molecule has 8 heteroatoms. The second-order valence-electron chi connectivity index (χ2n) is 9.09. The van der Waals surface area contributed by atoms with E-state index >= 15 is 0 Å². The third-order valence-electron chi connectivity index (χ3n) is 6.36. The summed E-state index contributed by atoms with van der Waals surface area (Å²) < 4.78 is 15.6. The summed E-state index contributed by atoms with van der Waals surface area (Å²) in [5.74, 6) is -0.208. The quantitative estimate of drug-likeness (QED) is 0.599. The van der Waals surface area contributed by atoms with Crippen LogP contribution >= 0.6 is 0 Å². The van der Waals surface area contributed by atoms with E-state index in [1.54, 1.807) is 6.07 Å². The summed E-state index contributed by atoms with van der Waals surface area (Å²) in [4.78, 5) is 21.8. The third kappa shape index (κ3) is 4.88. The summed E-state index contributed by atoms with van der Waals surface area (Å²) in [6.07, 6.45) is 6.05. The fourth-order valence-electron chi connectivity index (χ4n) is 4.93. The predicted octanol–water partition coefficient (Wildman–Crippen LogP) is 4.82. The Bertz CT molecular complexity index is 1170. The van der Waals surface area contributed by atoms with Crippen molar-refractivity contribution in [1.29, 1.82) is 5.26 Å². The van der Waals surface area contributed by atoms with E-state index in [9.17, 15) is 19.6 Å². The molecule has 2 heterocycles. The monoisotopic (exact) mass is 435 g/mol. The number of pyridine rings is 1. The molecule has 0 radical (unpaired) electrons. The molecule has 1 unspecified atom stereocenters. The van der Waals surface area contributed by atoms with E-state index in [1.807, 2.05) is 18.5 Å². The predicted molar refractivity (Wildman–Crippen MR) is 117 cm³/mol. The summed E-state index contributed by atoms with van der Waals surface area (Å²) in [7, 11) is 0. The lowest BCUT2D eigenvalue weighted by Gasteiger charge is -2.40. The van der Waals surface area contributed by atoms with E-state index < -0.39 is 11.9 Å². The van der Waals surface area contributed by atoms with Crippen LogP contribution in [0.25, 0.3) is 11.0 Å². The summed E-state index contributed by atoms with van der Waals surface area (Å²) >= 11 is 0. The van der Waals surface area contributed by atoms with E-state index in [-0.39, 0.29) is 17.9 Å². The van der Waals surface area contributed by atoms with Crippen molar-refractivity contribution in [1.82, 2.24) is 19.4 Å². The Morgan fingerprint density at radius 3 is 2.97 bits per heavy atom. The SMILES string of the molecule is C[C@]1(Cn2cnc3ccc(C#N)cc32)CCCC(CN(Cc2cc(F)ccn2)C(=O)O)C1. The zero-order chi connectivity index (χ0) is 22.7. The summed E-state index contributed by atoms with van der Waals surface area (Å²) in [5.41, 5.74) is 2.80. The van der Waals surface area contributed by atoms with E-state index in [2.05, 4.69) is 27.5 Å². The molecule has 2 aromatic heterocycles. The van der Waals surface area contributed by atoms with Crippen LogP contribution in [0.5, 0.6) is 0 Å². The number of halogens is 1. The van der Waals surface area contributed by atoms with E-state index in [1.165, 1.54) is 23.2 Å². The number of hydrogen-bond acceptors (Lipinski definition) is 4. The Kier molecular flexibility index (Phi) is 6.08. The van der Waals surface area contributed by atoms with Crippen LogP contribution in [0.3, 0.4) is 0 Å². The van der Waals surface area contributed by atoms with Gasteiger partial charge in [0.1, 0.15) is 5.82 Å². The smallest absolute Gasteiger partial charge is 0.407 e. The Labute approximate surface area is 186 Å². The standard InChI is InChI=1S/C24H26FN5O2/c1-24(15-30-16-28-21-5-4-17(12-26)9-22(21)30)7-2-3-18(11-24)13-29(23(31)32)14-20-10-19(25)6-8-27-20/h4-6,8-10,16,18H,2-3,7,11,13-15H2,1H3,(H,31,32)/t18?,24-/m0/s1. The minimum Gasteiger partial charge on any atom is -0.465 e. The Morgan fingerprint density at radius 2 is 2.22 bits per heavy atom. The number of hydrogen-bond donors (Lipinski definition) is 1. The lowest BCUT2D eigenvalue weighted by molar-refractivity contribution is 0.0921. The first kappa shape index (κ1) is 21.8. The maximum absolute atomic E-state index is 13.5. The van der Waals surface area contributed by atoms with Gasteiger partial charge in [0.05, 0.1) is 41.2 Å². The molecule has 0 saturated heterocycles. The fraction of sp³-hybridized carbons (Fsp3) is 0.417. The number of nitrogens with zero attached hydrogens (tertiary/aromatic N) is 5. The molecule has 1 amide bonds. The van der Waals surface area contributed by atoms with Crippen LogP contribution in [0.2, 0.25) is 0 Å². The molecular formula is C24H26FN5O2. The van der Waals surface area contributed by atoms with Crippen LogP contribution < -0.4 is 0 Å². The fourth-order valence-corrected chi connectivity index (χ4v) is 4.93. The first-order chi connectivity index (χ1) is 15.3. The molecular weight excluding hydrogens is 409 g/mol. The number of amides is 1. The van der Waals surface area contributed by atoms with Crippen molar-refractivity contribution in [3.8, 4) is 6.07 Å². The van der Waals surface area contributed by atoms with Gasteiger partial charge >= 0.3 is 6.09 Å². The Morgan fingerprint density at radius 1 is 1.38 bits per heavy atom. The first-order valence-corrected chi connectivity index (χ1v) is 10.8. The largest absolute Gasteiger partial charge is 0.465 e. The van der Waals surface area contributed by atoms with Crippen molar-refractivity contribution in [3.05, 3.63) is 59.9 Å².